The highest BCUT2D eigenvalue weighted by atomic mass is 32.2. The molecular weight excluding hydrogens is 368 g/mol. The lowest BCUT2D eigenvalue weighted by atomic mass is 9.86. The van der Waals surface area contributed by atoms with Crippen molar-refractivity contribution >= 4 is 21.9 Å². The lowest BCUT2D eigenvalue weighted by molar-refractivity contribution is -0.143. The number of nitrogens with one attached hydrogen (secondary N) is 2. The minimum Gasteiger partial charge on any atom is -0.481 e. The van der Waals surface area contributed by atoms with E-state index < -0.39 is 33.9 Å². The predicted molar refractivity (Wildman–Crippen MR) is 102 cm³/mol. The lowest BCUT2D eigenvalue weighted by Crippen LogP contribution is -2.44. The first-order chi connectivity index (χ1) is 12.8. The number of carbonyl (C=O) groups excluding carboxylic acids is 1. The zero-order chi connectivity index (χ0) is 20.0. The normalized spacial score (nSPS) is 21.1. The fourth-order valence-electron chi connectivity index (χ4n) is 3.49. The van der Waals surface area contributed by atoms with Crippen LogP contribution in [0.5, 0.6) is 0 Å². The van der Waals surface area contributed by atoms with Crippen LogP contribution < -0.4 is 10.0 Å². The van der Waals surface area contributed by atoms with Crippen LogP contribution in [0.15, 0.2) is 23.1 Å². The summed E-state index contributed by atoms with van der Waals surface area (Å²) in [6.07, 6.45) is 4.87. The first kappa shape index (κ1) is 21.4. The Labute approximate surface area is 160 Å². The number of rotatable bonds is 6. The molecule has 0 radical (unpaired) electrons. The summed E-state index contributed by atoms with van der Waals surface area (Å²) in [5, 5.41) is 12.4. The van der Waals surface area contributed by atoms with E-state index in [0.29, 0.717) is 18.4 Å². The summed E-state index contributed by atoms with van der Waals surface area (Å²) in [7, 11) is -3.68. The number of benzene rings is 1. The topological polar surface area (TPSA) is 113 Å². The molecule has 2 atom stereocenters. The molecule has 0 aliphatic heterocycles. The average molecular weight is 397 g/mol. The van der Waals surface area contributed by atoms with Gasteiger partial charge in [0.2, 0.25) is 10.0 Å². The summed E-state index contributed by atoms with van der Waals surface area (Å²) in [5.41, 5.74) is 0.890. The van der Waals surface area contributed by atoms with Gasteiger partial charge < -0.3 is 10.4 Å². The van der Waals surface area contributed by atoms with Gasteiger partial charge in [-0.1, -0.05) is 38.7 Å². The van der Waals surface area contributed by atoms with Gasteiger partial charge in [0, 0.05) is 18.2 Å². The second-order valence-electron chi connectivity index (χ2n) is 6.99. The number of carboxylic acid groups (broad SMARTS) is 1. The molecule has 27 heavy (non-hydrogen) atoms. The van der Waals surface area contributed by atoms with Crippen molar-refractivity contribution in [1.29, 1.82) is 0 Å². The minimum atomic E-state index is -3.68. The van der Waals surface area contributed by atoms with E-state index >= 15 is 0 Å². The number of sulfonamides is 1. The van der Waals surface area contributed by atoms with Gasteiger partial charge in [-0.15, -0.1) is 0 Å². The predicted octanol–water partition coefficient (Wildman–Crippen LogP) is 2.45. The molecule has 150 valence electrons. The fraction of sp³-hybridized carbons (Fsp3) is 0.579. The molecule has 0 heterocycles. The highest BCUT2D eigenvalue weighted by molar-refractivity contribution is 7.89. The van der Waals surface area contributed by atoms with Crippen LogP contribution in [-0.4, -0.2) is 38.0 Å². The van der Waals surface area contributed by atoms with Crippen molar-refractivity contribution in [2.45, 2.75) is 63.3 Å². The molecule has 0 spiro atoms. The van der Waals surface area contributed by atoms with Gasteiger partial charge in [0.25, 0.3) is 5.91 Å². The molecule has 1 aliphatic carbocycles. The molecule has 3 N–H and O–H groups in total. The van der Waals surface area contributed by atoms with Crippen molar-refractivity contribution in [3.8, 4) is 0 Å². The Morgan fingerprint density at radius 1 is 1.15 bits per heavy atom. The van der Waals surface area contributed by atoms with E-state index in [0.717, 1.165) is 25.7 Å². The number of carbonyl (C=O) groups is 2. The Hall–Kier alpha value is -1.93. The van der Waals surface area contributed by atoms with Gasteiger partial charge in [-0.3, -0.25) is 9.59 Å². The van der Waals surface area contributed by atoms with Gasteiger partial charge in [0.15, 0.2) is 0 Å². The second kappa shape index (κ2) is 9.32. The van der Waals surface area contributed by atoms with Crippen LogP contribution in [0.2, 0.25) is 0 Å². The fourth-order valence-corrected chi connectivity index (χ4v) is 4.55. The molecular formula is C19H28N2O5S. The summed E-state index contributed by atoms with van der Waals surface area (Å²) in [5.74, 6) is -1.96. The average Bonchev–Trinajstić information content (AvgIpc) is 2.57. The van der Waals surface area contributed by atoms with Crippen LogP contribution in [0.3, 0.4) is 0 Å². The van der Waals surface area contributed by atoms with E-state index in [2.05, 4.69) is 10.0 Å². The number of hydrogen-bond acceptors (Lipinski definition) is 4. The zero-order valence-electron chi connectivity index (χ0n) is 15.8. The van der Waals surface area contributed by atoms with E-state index in [1.807, 2.05) is 0 Å². The minimum absolute atomic E-state index is 0.0209. The molecule has 1 aromatic carbocycles. The Morgan fingerprint density at radius 3 is 2.44 bits per heavy atom. The summed E-state index contributed by atoms with van der Waals surface area (Å²) in [4.78, 5) is 24.5. The van der Waals surface area contributed by atoms with Gasteiger partial charge in [0.1, 0.15) is 0 Å². The molecule has 1 aromatic rings. The summed E-state index contributed by atoms with van der Waals surface area (Å²) >= 11 is 0. The number of aryl methyl sites for hydroxylation is 1. The van der Waals surface area contributed by atoms with E-state index in [1.54, 1.807) is 19.9 Å². The second-order valence-corrected chi connectivity index (χ2v) is 8.76. The summed E-state index contributed by atoms with van der Waals surface area (Å²) in [6.45, 7) is 3.66. The Bertz CT molecular complexity index is 791. The Kier molecular flexibility index (Phi) is 7.38. The Balaban J connectivity index is 2.26. The van der Waals surface area contributed by atoms with E-state index in [4.69, 9.17) is 0 Å². The van der Waals surface area contributed by atoms with Crippen LogP contribution in [0, 0.1) is 12.8 Å². The molecule has 2 rings (SSSR count). The summed E-state index contributed by atoms with van der Waals surface area (Å²) < 4.78 is 26.8. The molecule has 8 heteroatoms. The molecule has 0 aromatic heterocycles. The SMILES string of the molecule is CCNS(=O)(=O)c1ccc(C)c(C(=O)NC2CCCCCCC2C(=O)O)c1. The molecule has 0 bridgehead atoms. The largest absolute Gasteiger partial charge is 0.481 e. The van der Waals surface area contributed by atoms with Gasteiger partial charge in [0.05, 0.1) is 10.8 Å². The van der Waals surface area contributed by atoms with Crippen molar-refractivity contribution in [2.75, 3.05) is 6.54 Å². The van der Waals surface area contributed by atoms with Crippen LogP contribution in [-0.2, 0) is 14.8 Å². The first-order valence-electron chi connectivity index (χ1n) is 9.40. The number of carboxylic acids is 1. The summed E-state index contributed by atoms with van der Waals surface area (Å²) in [6, 6.07) is 3.94. The number of hydrogen-bond donors (Lipinski definition) is 3. The van der Waals surface area contributed by atoms with Gasteiger partial charge >= 0.3 is 5.97 Å². The van der Waals surface area contributed by atoms with E-state index in [9.17, 15) is 23.1 Å². The van der Waals surface area contributed by atoms with Crippen molar-refractivity contribution in [1.82, 2.24) is 10.0 Å². The van der Waals surface area contributed by atoms with Crippen molar-refractivity contribution < 1.29 is 23.1 Å². The number of amides is 1. The molecule has 0 saturated heterocycles. The molecule has 2 unspecified atom stereocenters. The van der Waals surface area contributed by atoms with Gasteiger partial charge in [-0.25, -0.2) is 13.1 Å². The third-order valence-corrected chi connectivity index (χ3v) is 6.54. The Morgan fingerprint density at radius 2 is 1.81 bits per heavy atom. The smallest absolute Gasteiger partial charge is 0.308 e. The van der Waals surface area contributed by atoms with Crippen LogP contribution in [0.25, 0.3) is 0 Å². The third kappa shape index (κ3) is 5.52. The maximum atomic E-state index is 12.8. The first-order valence-corrected chi connectivity index (χ1v) is 10.9. The van der Waals surface area contributed by atoms with Crippen LogP contribution in [0.4, 0.5) is 0 Å². The maximum Gasteiger partial charge on any atom is 0.308 e. The van der Waals surface area contributed by atoms with E-state index in [-0.39, 0.29) is 17.0 Å². The molecule has 1 fully saturated rings. The molecule has 1 aliphatic rings. The maximum absolute atomic E-state index is 12.8. The zero-order valence-corrected chi connectivity index (χ0v) is 16.6. The standard InChI is InChI=1S/C19H28N2O5S/c1-3-20-27(25,26)14-11-10-13(2)16(12-14)18(22)21-17-9-7-5-4-6-8-15(17)19(23)24/h10-12,15,17,20H,3-9H2,1-2H3,(H,21,22)(H,23,24). The quantitative estimate of drug-likeness (QED) is 0.684. The highest BCUT2D eigenvalue weighted by Gasteiger charge is 2.30. The number of aliphatic carboxylic acids is 1. The highest BCUT2D eigenvalue weighted by Crippen LogP contribution is 2.24. The van der Waals surface area contributed by atoms with Crippen molar-refractivity contribution in [3.05, 3.63) is 29.3 Å². The molecule has 1 saturated carbocycles. The monoisotopic (exact) mass is 396 g/mol. The lowest BCUT2D eigenvalue weighted by Gasteiger charge is -2.27. The van der Waals surface area contributed by atoms with Crippen LogP contribution in [0.1, 0.15) is 61.4 Å². The van der Waals surface area contributed by atoms with Gasteiger partial charge in [-0.2, -0.15) is 0 Å². The molecule has 1 amide bonds. The third-order valence-electron chi connectivity index (χ3n) is 5.00. The van der Waals surface area contributed by atoms with Gasteiger partial charge in [-0.05, 0) is 37.5 Å². The van der Waals surface area contributed by atoms with Crippen molar-refractivity contribution in [3.63, 3.8) is 0 Å². The van der Waals surface area contributed by atoms with E-state index in [1.165, 1.54) is 12.1 Å². The van der Waals surface area contributed by atoms with Crippen LogP contribution >= 0.6 is 0 Å². The molecule has 7 nitrogen and oxygen atoms in total. The van der Waals surface area contributed by atoms with Crippen molar-refractivity contribution in [2.24, 2.45) is 5.92 Å².